The van der Waals surface area contributed by atoms with Crippen LogP contribution in [0.3, 0.4) is 0 Å². The van der Waals surface area contributed by atoms with Crippen LogP contribution in [0.15, 0.2) is 85.3 Å². The standard InChI is InChI=1S/C27H25N5O2/c33-25(14-17-31-24-9-5-4-6-20(24)10-11-26(31)34)29-18-22-19-32(23-7-2-1-3-8-23)30-27(22)21-12-15-28-16-13-21/h1-9,12-13,15-16,19H,10-11,14,17-18H2,(H,29,33). The van der Waals surface area contributed by atoms with Gasteiger partial charge >= 0.3 is 0 Å². The van der Waals surface area contributed by atoms with Crippen molar-refractivity contribution >= 4 is 17.5 Å². The van der Waals surface area contributed by atoms with Gasteiger partial charge in [0.1, 0.15) is 0 Å². The number of hydrogen-bond acceptors (Lipinski definition) is 4. The van der Waals surface area contributed by atoms with Crippen molar-refractivity contribution in [2.45, 2.75) is 25.8 Å². The van der Waals surface area contributed by atoms with E-state index in [0.717, 1.165) is 40.2 Å². The number of nitrogens with zero attached hydrogens (tertiary/aromatic N) is 4. The fourth-order valence-corrected chi connectivity index (χ4v) is 4.24. The van der Waals surface area contributed by atoms with Crippen molar-refractivity contribution in [1.29, 1.82) is 0 Å². The van der Waals surface area contributed by atoms with Gasteiger partial charge in [-0.15, -0.1) is 0 Å². The summed E-state index contributed by atoms with van der Waals surface area (Å²) in [7, 11) is 0. The molecule has 5 rings (SSSR count). The van der Waals surface area contributed by atoms with E-state index in [1.54, 1.807) is 17.3 Å². The first-order valence-corrected chi connectivity index (χ1v) is 11.4. The van der Waals surface area contributed by atoms with Gasteiger partial charge in [0.05, 0.1) is 11.4 Å². The maximum atomic E-state index is 12.7. The topological polar surface area (TPSA) is 80.1 Å². The number of hydrogen-bond donors (Lipinski definition) is 1. The smallest absolute Gasteiger partial charge is 0.227 e. The molecule has 0 unspecified atom stereocenters. The fraction of sp³-hybridized carbons (Fsp3) is 0.185. The normalized spacial score (nSPS) is 12.9. The average Bonchev–Trinajstić information content (AvgIpc) is 3.32. The molecule has 3 heterocycles. The van der Waals surface area contributed by atoms with E-state index in [0.29, 0.717) is 19.5 Å². The summed E-state index contributed by atoms with van der Waals surface area (Å²) in [5.74, 6) is -0.0420. The van der Waals surface area contributed by atoms with E-state index in [-0.39, 0.29) is 18.2 Å². The maximum absolute atomic E-state index is 12.7. The molecule has 0 saturated heterocycles. The molecule has 34 heavy (non-hydrogen) atoms. The molecule has 170 valence electrons. The summed E-state index contributed by atoms with van der Waals surface area (Å²) in [6.07, 6.45) is 6.86. The van der Waals surface area contributed by atoms with Gasteiger partial charge < -0.3 is 10.2 Å². The first-order valence-electron chi connectivity index (χ1n) is 11.4. The van der Waals surface area contributed by atoms with Gasteiger partial charge in [-0.25, -0.2) is 4.68 Å². The molecule has 2 aromatic heterocycles. The van der Waals surface area contributed by atoms with Gasteiger partial charge in [0.2, 0.25) is 11.8 Å². The van der Waals surface area contributed by atoms with Crippen LogP contribution in [0.1, 0.15) is 24.0 Å². The van der Waals surface area contributed by atoms with Crippen LogP contribution in [0.5, 0.6) is 0 Å². The van der Waals surface area contributed by atoms with Gasteiger partial charge in [-0.05, 0) is 42.3 Å². The van der Waals surface area contributed by atoms with Crippen LogP contribution in [0.2, 0.25) is 0 Å². The largest absolute Gasteiger partial charge is 0.352 e. The Balaban J connectivity index is 1.29. The molecule has 2 aromatic carbocycles. The number of anilines is 1. The van der Waals surface area contributed by atoms with E-state index in [1.165, 1.54) is 0 Å². The van der Waals surface area contributed by atoms with E-state index in [9.17, 15) is 9.59 Å². The molecular formula is C27H25N5O2. The summed E-state index contributed by atoms with van der Waals surface area (Å²) in [5, 5.41) is 7.77. The zero-order valence-corrected chi connectivity index (χ0v) is 18.7. The van der Waals surface area contributed by atoms with E-state index in [2.05, 4.69) is 10.3 Å². The molecule has 1 aliphatic rings. The summed E-state index contributed by atoms with van der Waals surface area (Å²) in [6, 6.07) is 21.6. The molecule has 0 radical (unpaired) electrons. The summed E-state index contributed by atoms with van der Waals surface area (Å²) in [6.45, 7) is 0.704. The number of rotatable bonds is 7. The third-order valence-corrected chi connectivity index (χ3v) is 5.99. The van der Waals surface area contributed by atoms with Crippen molar-refractivity contribution in [3.05, 3.63) is 96.4 Å². The quantitative estimate of drug-likeness (QED) is 0.462. The lowest BCUT2D eigenvalue weighted by Gasteiger charge is -2.29. The van der Waals surface area contributed by atoms with Gasteiger partial charge in [-0.2, -0.15) is 5.10 Å². The minimum absolute atomic E-state index is 0.0654. The number of nitrogens with one attached hydrogen (secondary N) is 1. The Bertz CT molecular complexity index is 1300. The number of aromatic nitrogens is 3. The Hall–Kier alpha value is -4.26. The molecule has 7 nitrogen and oxygen atoms in total. The highest BCUT2D eigenvalue weighted by atomic mass is 16.2. The SMILES string of the molecule is O=C(CCN1C(=O)CCc2ccccc21)NCc1cn(-c2ccccc2)nc1-c1ccncc1. The number of para-hydroxylation sites is 2. The Morgan fingerprint density at radius 1 is 0.941 bits per heavy atom. The number of amides is 2. The van der Waals surface area contributed by atoms with Crippen LogP contribution in [-0.2, 0) is 22.6 Å². The molecule has 1 aliphatic heterocycles. The molecule has 4 aromatic rings. The minimum atomic E-state index is -0.107. The summed E-state index contributed by atoms with van der Waals surface area (Å²) in [4.78, 5) is 31.0. The van der Waals surface area contributed by atoms with Gasteiger partial charge in [0.15, 0.2) is 0 Å². The highest BCUT2D eigenvalue weighted by molar-refractivity contribution is 5.97. The lowest BCUT2D eigenvalue weighted by Crippen LogP contribution is -2.38. The Morgan fingerprint density at radius 2 is 1.71 bits per heavy atom. The van der Waals surface area contributed by atoms with Crippen molar-refractivity contribution in [3.8, 4) is 16.9 Å². The summed E-state index contributed by atoms with van der Waals surface area (Å²) in [5.41, 5.74) is 5.64. The third-order valence-electron chi connectivity index (χ3n) is 5.99. The molecule has 0 spiro atoms. The number of fused-ring (bicyclic) bond motifs is 1. The fourth-order valence-electron chi connectivity index (χ4n) is 4.24. The zero-order valence-electron chi connectivity index (χ0n) is 18.7. The zero-order chi connectivity index (χ0) is 23.3. The molecule has 2 amide bonds. The molecular weight excluding hydrogens is 426 g/mol. The number of benzene rings is 2. The highest BCUT2D eigenvalue weighted by Crippen LogP contribution is 2.27. The molecule has 0 fully saturated rings. The number of carbonyl (C=O) groups excluding carboxylic acids is 2. The van der Waals surface area contributed by atoms with Crippen molar-refractivity contribution in [2.24, 2.45) is 0 Å². The van der Waals surface area contributed by atoms with Crippen LogP contribution >= 0.6 is 0 Å². The molecule has 0 bridgehead atoms. The number of carbonyl (C=O) groups is 2. The van der Waals surface area contributed by atoms with Gasteiger partial charge in [-0.1, -0.05) is 36.4 Å². The molecule has 7 heteroatoms. The number of aryl methyl sites for hydroxylation is 1. The van der Waals surface area contributed by atoms with Crippen LogP contribution < -0.4 is 10.2 Å². The second kappa shape index (κ2) is 9.70. The van der Waals surface area contributed by atoms with Gasteiger partial charge in [0, 0.05) is 61.3 Å². The van der Waals surface area contributed by atoms with E-state index in [1.807, 2.05) is 77.6 Å². The predicted molar refractivity (Wildman–Crippen MR) is 130 cm³/mol. The lowest BCUT2D eigenvalue weighted by atomic mass is 10.0. The summed E-state index contributed by atoms with van der Waals surface area (Å²) >= 11 is 0. The van der Waals surface area contributed by atoms with Crippen LogP contribution in [-0.4, -0.2) is 33.1 Å². The van der Waals surface area contributed by atoms with Gasteiger partial charge in [-0.3, -0.25) is 14.6 Å². The second-order valence-electron chi connectivity index (χ2n) is 8.22. The monoisotopic (exact) mass is 451 g/mol. The Morgan fingerprint density at radius 3 is 2.53 bits per heavy atom. The molecule has 0 aliphatic carbocycles. The van der Waals surface area contributed by atoms with E-state index in [4.69, 9.17) is 5.10 Å². The molecule has 1 N–H and O–H groups in total. The van der Waals surface area contributed by atoms with Crippen LogP contribution in [0.4, 0.5) is 5.69 Å². The second-order valence-corrected chi connectivity index (χ2v) is 8.22. The highest BCUT2D eigenvalue weighted by Gasteiger charge is 2.24. The third kappa shape index (κ3) is 4.59. The lowest BCUT2D eigenvalue weighted by molar-refractivity contribution is -0.121. The van der Waals surface area contributed by atoms with Crippen molar-refractivity contribution < 1.29 is 9.59 Å². The van der Waals surface area contributed by atoms with Crippen molar-refractivity contribution in [1.82, 2.24) is 20.1 Å². The van der Waals surface area contributed by atoms with Crippen LogP contribution in [0, 0.1) is 0 Å². The first-order chi connectivity index (χ1) is 16.7. The predicted octanol–water partition coefficient (Wildman–Crippen LogP) is 3.92. The van der Waals surface area contributed by atoms with Crippen molar-refractivity contribution in [3.63, 3.8) is 0 Å². The van der Waals surface area contributed by atoms with E-state index < -0.39 is 0 Å². The Labute approximate surface area is 198 Å². The maximum Gasteiger partial charge on any atom is 0.227 e. The van der Waals surface area contributed by atoms with Gasteiger partial charge in [0.25, 0.3) is 0 Å². The molecule has 0 atom stereocenters. The first kappa shape index (κ1) is 21.6. The molecule has 0 saturated carbocycles. The average molecular weight is 452 g/mol. The minimum Gasteiger partial charge on any atom is -0.352 e. The van der Waals surface area contributed by atoms with Crippen molar-refractivity contribution in [2.75, 3.05) is 11.4 Å². The van der Waals surface area contributed by atoms with Crippen LogP contribution in [0.25, 0.3) is 16.9 Å². The number of pyridine rings is 1. The summed E-state index contributed by atoms with van der Waals surface area (Å²) < 4.78 is 1.82. The Kier molecular flexibility index (Phi) is 6.16. The van der Waals surface area contributed by atoms with E-state index >= 15 is 0 Å².